The maximum atomic E-state index is 12.0. The number of hydrogen-bond donors (Lipinski definition) is 1. The fourth-order valence-electron chi connectivity index (χ4n) is 1.19. The van der Waals surface area contributed by atoms with Crippen LogP contribution in [-0.4, -0.2) is 21.2 Å². The summed E-state index contributed by atoms with van der Waals surface area (Å²) in [5.41, 5.74) is 0. The summed E-state index contributed by atoms with van der Waals surface area (Å²) in [6, 6.07) is 7.03. The van der Waals surface area contributed by atoms with Gasteiger partial charge in [-0.3, -0.25) is 0 Å². The van der Waals surface area contributed by atoms with Gasteiger partial charge >= 0.3 is 0 Å². The number of rotatable bonds is 5. The highest BCUT2D eigenvalue weighted by molar-refractivity contribution is 7.99. The van der Waals surface area contributed by atoms with Crippen LogP contribution in [0, 0.1) is 5.92 Å². The third-order valence-corrected chi connectivity index (χ3v) is 4.45. The summed E-state index contributed by atoms with van der Waals surface area (Å²) in [4.78, 5) is 1.14. The van der Waals surface area contributed by atoms with E-state index >= 15 is 0 Å². The predicted octanol–water partition coefficient (Wildman–Crippen LogP) is 2.34. The van der Waals surface area contributed by atoms with Crippen molar-refractivity contribution >= 4 is 21.8 Å². The van der Waals surface area contributed by atoms with Crippen LogP contribution in [0.15, 0.2) is 34.1 Å². The molecule has 1 N–H and O–H groups in total. The molecule has 16 heavy (non-hydrogen) atoms. The summed E-state index contributed by atoms with van der Waals surface area (Å²) in [5, 5.41) is 0. The van der Waals surface area contributed by atoms with E-state index in [1.165, 1.54) is 11.8 Å². The van der Waals surface area contributed by atoms with Crippen molar-refractivity contribution in [1.82, 2.24) is 4.72 Å². The van der Waals surface area contributed by atoms with Crippen molar-refractivity contribution in [2.24, 2.45) is 5.92 Å². The van der Waals surface area contributed by atoms with Gasteiger partial charge in [0, 0.05) is 11.4 Å². The van der Waals surface area contributed by atoms with E-state index in [9.17, 15) is 8.42 Å². The van der Waals surface area contributed by atoms with E-state index in [1.54, 1.807) is 12.1 Å². The van der Waals surface area contributed by atoms with Crippen LogP contribution in [0.2, 0.25) is 0 Å². The molecule has 0 saturated heterocycles. The zero-order chi connectivity index (χ0) is 12.2. The number of sulfonamides is 1. The van der Waals surface area contributed by atoms with E-state index in [0.717, 1.165) is 4.90 Å². The Bertz CT molecular complexity index is 441. The summed E-state index contributed by atoms with van der Waals surface area (Å²) in [7, 11) is -3.37. The lowest BCUT2D eigenvalue weighted by molar-refractivity contribution is 0.558. The summed E-state index contributed by atoms with van der Waals surface area (Å²) >= 11 is 1.44. The first kappa shape index (κ1) is 13.5. The molecule has 0 aromatic heterocycles. The standard InChI is InChI=1S/C11H17NO2S2/c1-9(2)8-12-16(13,14)11-7-5-4-6-10(11)15-3/h4-7,9,12H,8H2,1-3H3. The average Bonchev–Trinajstić information content (AvgIpc) is 2.26. The Morgan fingerprint density at radius 2 is 1.94 bits per heavy atom. The molecule has 0 spiro atoms. The largest absolute Gasteiger partial charge is 0.241 e. The Labute approximate surface area is 102 Å². The first-order valence-corrected chi connectivity index (χ1v) is 7.81. The van der Waals surface area contributed by atoms with Crippen LogP contribution in [0.4, 0.5) is 0 Å². The Morgan fingerprint density at radius 1 is 1.31 bits per heavy atom. The fourth-order valence-corrected chi connectivity index (χ4v) is 3.56. The molecule has 0 amide bonds. The molecule has 1 aromatic rings. The van der Waals surface area contributed by atoms with Crippen molar-refractivity contribution in [2.45, 2.75) is 23.6 Å². The van der Waals surface area contributed by atoms with Gasteiger partial charge in [-0.2, -0.15) is 0 Å². The minimum atomic E-state index is -3.37. The van der Waals surface area contributed by atoms with Crippen LogP contribution < -0.4 is 4.72 Å². The fraction of sp³-hybridized carbons (Fsp3) is 0.455. The van der Waals surface area contributed by atoms with Gasteiger partial charge in [-0.1, -0.05) is 26.0 Å². The summed E-state index contributed by atoms with van der Waals surface area (Å²) < 4.78 is 26.6. The molecule has 0 heterocycles. The molecule has 0 aliphatic rings. The minimum absolute atomic E-state index is 0.302. The van der Waals surface area contributed by atoms with Gasteiger partial charge in [0.15, 0.2) is 0 Å². The van der Waals surface area contributed by atoms with Crippen LogP contribution in [0.5, 0.6) is 0 Å². The molecule has 0 fully saturated rings. The van der Waals surface area contributed by atoms with Crippen LogP contribution in [-0.2, 0) is 10.0 Å². The lowest BCUT2D eigenvalue weighted by atomic mass is 10.2. The maximum absolute atomic E-state index is 12.0. The van der Waals surface area contributed by atoms with E-state index in [2.05, 4.69) is 4.72 Å². The highest BCUT2D eigenvalue weighted by atomic mass is 32.2. The number of thioether (sulfide) groups is 1. The summed E-state index contributed by atoms with van der Waals surface area (Å²) in [6.45, 7) is 4.41. The highest BCUT2D eigenvalue weighted by Crippen LogP contribution is 2.23. The van der Waals surface area contributed by atoms with Crippen molar-refractivity contribution in [3.63, 3.8) is 0 Å². The molecular formula is C11H17NO2S2. The lowest BCUT2D eigenvalue weighted by Gasteiger charge is -2.11. The summed E-state index contributed by atoms with van der Waals surface area (Å²) in [5.74, 6) is 0.302. The molecule has 90 valence electrons. The Hall–Kier alpha value is -0.520. The molecule has 0 aliphatic heterocycles. The van der Waals surface area contributed by atoms with E-state index in [4.69, 9.17) is 0 Å². The topological polar surface area (TPSA) is 46.2 Å². The van der Waals surface area contributed by atoms with Crippen LogP contribution in [0.3, 0.4) is 0 Å². The molecule has 0 saturated carbocycles. The molecule has 5 heteroatoms. The predicted molar refractivity (Wildman–Crippen MR) is 68.2 cm³/mol. The van der Waals surface area contributed by atoms with Gasteiger partial charge in [0.2, 0.25) is 10.0 Å². The minimum Gasteiger partial charge on any atom is -0.211 e. The van der Waals surface area contributed by atoms with Crippen molar-refractivity contribution in [2.75, 3.05) is 12.8 Å². The zero-order valence-corrected chi connectivity index (χ0v) is 11.4. The molecule has 1 rings (SSSR count). The Balaban J connectivity index is 2.98. The first-order chi connectivity index (χ1) is 7.47. The smallest absolute Gasteiger partial charge is 0.211 e. The van der Waals surface area contributed by atoms with Crippen molar-refractivity contribution in [3.8, 4) is 0 Å². The summed E-state index contributed by atoms with van der Waals surface area (Å²) in [6.07, 6.45) is 1.87. The second kappa shape index (κ2) is 5.70. The van der Waals surface area contributed by atoms with Gasteiger partial charge < -0.3 is 0 Å². The van der Waals surface area contributed by atoms with E-state index in [1.807, 2.05) is 32.2 Å². The SMILES string of the molecule is CSc1ccccc1S(=O)(=O)NCC(C)C. The maximum Gasteiger partial charge on any atom is 0.241 e. The van der Waals surface area contributed by atoms with Gasteiger partial charge in [0.05, 0.1) is 4.90 Å². The highest BCUT2D eigenvalue weighted by Gasteiger charge is 2.17. The van der Waals surface area contributed by atoms with Gasteiger partial charge in [-0.05, 0) is 24.3 Å². The van der Waals surface area contributed by atoms with Crippen molar-refractivity contribution in [3.05, 3.63) is 24.3 Å². The third kappa shape index (κ3) is 3.50. The van der Waals surface area contributed by atoms with Crippen LogP contribution >= 0.6 is 11.8 Å². The Kier molecular flexibility index (Phi) is 4.83. The molecule has 0 atom stereocenters. The van der Waals surface area contributed by atoms with Gasteiger partial charge in [-0.15, -0.1) is 11.8 Å². The van der Waals surface area contributed by atoms with Crippen molar-refractivity contribution < 1.29 is 8.42 Å². The van der Waals surface area contributed by atoms with E-state index in [-0.39, 0.29) is 0 Å². The molecule has 1 aromatic carbocycles. The monoisotopic (exact) mass is 259 g/mol. The quantitative estimate of drug-likeness (QED) is 0.826. The number of nitrogens with one attached hydrogen (secondary N) is 1. The zero-order valence-electron chi connectivity index (χ0n) is 9.73. The van der Waals surface area contributed by atoms with Crippen molar-refractivity contribution in [1.29, 1.82) is 0 Å². The van der Waals surface area contributed by atoms with Gasteiger partial charge in [0.1, 0.15) is 0 Å². The van der Waals surface area contributed by atoms with E-state index < -0.39 is 10.0 Å². The van der Waals surface area contributed by atoms with E-state index in [0.29, 0.717) is 17.4 Å². The second-order valence-corrected chi connectivity index (χ2v) is 6.48. The lowest BCUT2D eigenvalue weighted by Crippen LogP contribution is -2.27. The number of benzene rings is 1. The second-order valence-electron chi connectivity index (χ2n) is 3.90. The molecular weight excluding hydrogens is 242 g/mol. The molecule has 0 radical (unpaired) electrons. The average molecular weight is 259 g/mol. The van der Waals surface area contributed by atoms with Crippen LogP contribution in [0.25, 0.3) is 0 Å². The molecule has 0 unspecified atom stereocenters. The molecule has 3 nitrogen and oxygen atoms in total. The Morgan fingerprint density at radius 3 is 2.50 bits per heavy atom. The third-order valence-electron chi connectivity index (χ3n) is 2.04. The van der Waals surface area contributed by atoms with Gasteiger partial charge in [0.25, 0.3) is 0 Å². The number of hydrogen-bond acceptors (Lipinski definition) is 3. The van der Waals surface area contributed by atoms with Crippen LogP contribution in [0.1, 0.15) is 13.8 Å². The van der Waals surface area contributed by atoms with Gasteiger partial charge in [-0.25, -0.2) is 13.1 Å². The molecule has 0 aliphatic carbocycles. The molecule has 0 bridgehead atoms. The normalized spacial score (nSPS) is 12.0. The first-order valence-electron chi connectivity index (χ1n) is 5.10.